The van der Waals surface area contributed by atoms with E-state index in [1.165, 1.54) is 25.7 Å². The fourth-order valence-electron chi connectivity index (χ4n) is 3.51. The zero-order valence-electron chi connectivity index (χ0n) is 15.2. The highest BCUT2D eigenvalue weighted by molar-refractivity contribution is 6.30. The molecule has 2 aromatic rings. The highest BCUT2D eigenvalue weighted by atomic mass is 35.5. The third-order valence-electron chi connectivity index (χ3n) is 5.32. The van der Waals surface area contributed by atoms with Crippen molar-refractivity contribution in [2.45, 2.75) is 51.9 Å². The Labute approximate surface area is 154 Å². The van der Waals surface area contributed by atoms with E-state index in [0.29, 0.717) is 16.9 Å². The quantitative estimate of drug-likeness (QED) is 0.679. The number of rotatable bonds is 6. The molecule has 25 heavy (non-hydrogen) atoms. The van der Waals surface area contributed by atoms with Crippen LogP contribution in [-0.2, 0) is 5.41 Å². The van der Waals surface area contributed by atoms with Crippen molar-refractivity contribution in [3.63, 3.8) is 0 Å². The van der Waals surface area contributed by atoms with Crippen molar-refractivity contribution in [1.29, 1.82) is 0 Å². The van der Waals surface area contributed by atoms with Gasteiger partial charge in [-0.2, -0.15) is 0 Å². The van der Waals surface area contributed by atoms with Gasteiger partial charge >= 0.3 is 0 Å². The summed E-state index contributed by atoms with van der Waals surface area (Å²) >= 11 is 6.37. The van der Waals surface area contributed by atoms with Gasteiger partial charge < -0.3 is 4.74 Å². The second-order valence-electron chi connectivity index (χ2n) is 8.51. The van der Waals surface area contributed by atoms with Crippen LogP contribution in [0.25, 0.3) is 5.82 Å². The molecule has 0 aliphatic heterocycles. The molecule has 0 spiro atoms. The Hall–Kier alpha value is -1.55. The molecule has 2 aromatic heterocycles. The smallest absolute Gasteiger partial charge is 0.233 e. The second-order valence-corrected chi connectivity index (χ2v) is 8.86. The SMILES string of the molecule is CC(C)(C)c1ccc(-n2ccc(OCC(C3CC3)C3CC3)n2)nc1Cl. The second kappa shape index (κ2) is 6.31. The van der Waals surface area contributed by atoms with Crippen molar-refractivity contribution in [3.05, 3.63) is 35.1 Å². The zero-order valence-corrected chi connectivity index (χ0v) is 16.0. The Morgan fingerprint density at radius 2 is 1.84 bits per heavy atom. The number of aromatic nitrogens is 3. The summed E-state index contributed by atoms with van der Waals surface area (Å²) in [6, 6.07) is 5.90. The fourth-order valence-corrected chi connectivity index (χ4v) is 3.94. The molecule has 2 aliphatic carbocycles. The van der Waals surface area contributed by atoms with Gasteiger partial charge in [0.05, 0.1) is 6.61 Å². The van der Waals surface area contributed by atoms with E-state index in [2.05, 4.69) is 30.9 Å². The minimum atomic E-state index is -0.0262. The predicted octanol–water partition coefficient (Wildman–Crippen LogP) is 5.03. The maximum atomic E-state index is 6.37. The number of halogens is 1. The number of hydrogen-bond donors (Lipinski definition) is 0. The van der Waals surface area contributed by atoms with Crippen LogP contribution in [0.5, 0.6) is 5.88 Å². The van der Waals surface area contributed by atoms with Gasteiger partial charge in [0.15, 0.2) is 5.82 Å². The summed E-state index contributed by atoms with van der Waals surface area (Å²) in [4.78, 5) is 4.51. The highest BCUT2D eigenvalue weighted by Gasteiger charge is 2.41. The van der Waals surface area contributed by atoms with Crippen LogP contribution in [-0.4, -0.2) is 21.4 Å². The molecule has 134 valence electrons. The Morgan fingerprint density at radius 1 is 1.16 bits per heavy atom. The Kier molecular flexibility index (Phi) is 4.27. The zero-order chi connectivity index (χ0) is 17.6. The normalized spacial score (nSPS) is 18.0. The molecule has 0 atom stereocenters. The van der Waals surface area contributed by atoms with E-state index < -0.39 is 0 Å². The van der Waals surface area contributed by atoms with Gasteiger partial charge in [0, 0.05) is 12.3 Å². The van der Waals surface area contributed by atoms with Gasteiger partial charge in [0.2, 0.25) is 5.88 Å². The average molecular weight is 360 g/mol. The van der Waals surface area contributed by atoms with Gasteiger partial charge in [-0.25, -0.2) is 9.67 Å². The summed E-state index contributed by atoms with van der Waals surface area (Å²) in [6.07, 6.45) is 7.39. The van der Waals surface area contributed by atoms with E-state index in [1.807, 2.05) is 24.4 Å². The van der Waals surface area contributed by atoms with Crippen molar-refractivity contribution in [2.75, 3.05) is 6.61 Å². The largest absolute Gasteiger partial charge is 0.476 e. The third-order valence-corrected chi connectivity index (χ3v) is 5.61. The lowest BCUT2D eigenvalue weighted by atomic mass is 9.88. The van der Waals surface area contributed by atoms with Crippen LogP contribution >= 0.6 is 11.6 Å². The molecule has 0 bridgehead atoms. The first-order valence-corrected chi connectivity index (χ1v) is 9.65. The van der Waals surface area contributed by atoms with E-state index in [1.54, 1.807) is 4.68 Å². The first kappa shape index (κ1) is 16.9. The molecule has 2 saturated carbocycles. The molecule has 4 nitrogen and oxygen atoms in total. The summed E-state index contributed by atoms with van der Waals surface area (Å²) < 4.78 is 7.72. The van der Waals surface area contributed by atoms with Crippen LogP contribution in [0.3, 0.4) is 0 Å². The topological polar surface area (TPSA) is 39.9 Å². The van der Waals surface area contributed by atoms with E-state index in [4.69, 9.17) is 16.3 Å². The van der Waals surface area contributed by atoms with Crippen molar-refractivity contribution in [1.82, 2.24) is 14.8 Å². The molecule has 2 fully saturated rings. The van der Waals surface area contributed by atoms with Gasteiger partial charge in [0.25, 0.3) is 0 Å². The van der Waals surface area contributed by atoms with Crippen LogP contribution in [0, 0.1) is 17.8 Å². The van der Waals surface area contributed by atoms with E-state index in [0.717, 1.165) is 29.9 Å². The third kappa shape index (κ3) is 3.84. The molecule has 0 aromatic carbocycles. The molecule has 0 amide bonds. The van der Waals surface area contributed by atoms with E-state index >= 15 is 0 Å². The van der Waals surface area contributed by atoms with Crippen LogP contribution in [0.15, 0.2) is 24.4 Å². The maximum Gasteiger partial charge on any atom is 0.233 e. The van der Waals surface area contributed by atoms with E-state index in [9.17, 15) is 0 Å². The average Bonchev–Trinajstić information content (AvgIpc) is 3.46. The lowest BCUT2D eigenvalue weighted by Gasteiger charge is -2.20. The number of hydrogen-bond acceptors (Lipinski definition) is 3. The van der Waals surface area contributed by atoms with Crippen LogP contribution in [0.2, 0.25) is 5.15 Å². The van der Waals surface area contributed by atoms with Crippen LogP contribution in [0.4, 0.5) is 0 Å². The molecule has 4 rings (SSSR count). The lowest BCUT2D eigenvalue weighted by Crippen LogP contribution is -2.16. The summed E-state index contributed by atoms with van der Waals surface area (Å²) in [5, 5.41) is 5.05. The molecule has 0 saturated heterocycles. The van der Waals surface area contributed by atoms with Crippen molar-refractivity contribution >= 4 is 11.6 Å². The highest BCUT2D eigenvalue weighted by Crippen LogP contribution is 2.49. The Morgan fingerprint density at radius 3 is 2.40 bits per heavy atom. The summed E-state index contributed by atoms with van der Waals surface area (Å²) in [5.41, 5.74) is 1.01. The molecule has 0 unspecified atom stereocenters. The summed E-state index contributed by atoms with van der Waals surface area (Å²) in [6.45, 7) is 7.19. The number of nitrogens with zero attached hydrogens (tertiary/aromatic N) is 3. The molecule has 0 radical (unpaired) electrons. The lowest BCUT2D eigenvalue weighted by molar-refractivity contribution is 0.205. The molecule has 0 N–H and O–H groups in total. The van der Waals surface area contributed by atoms with Gasteiger partial charge in [0.1, 0.15) is 5.15 Å². The van der Waals surface area contributed by atoms with Gasteiger partial charge in [-0.15, -0.1) is 5.10 Å². The number of pyridine rings is 1. The first-order valence-electron chi connectivity index (χ1n) is 9.28. The van der Waals surface area contributed by atoms with Crippen molar-refractivity contribution in [3.8, 4) is 11.7 Å². The minimum absolute atomic E-state index is 0.0262. The Balaban J connectivity index is 1.44. The molecule has 5 heteroatoms. The van der Waals surface area contributed by atoms with Crippen molar-refractivity contribution in [2.24, 2.45) is 17.8 Å². The van der Waals surface area contributed by atoms with Crippen LogP contribution in [0.1, 0.15) is 52.0 Å². The van der Waals surface area contributed by atoms with Gasteiger partial charge in [-0.1, -0.05) is 38.4 Å². The Bertz CT molecular complexity index is 745. The van der Waals surface area contributed by atoms with Gasteiger partial charge in [-0.3, -0.25) is 0 Å². The van der Waals surface area contributed by atoms with Crippen LogP contribution < -0.4 is 4.74 Å². The van der Waals surface area contributed by atoms with Gasteiger partial charge in [-0.05, 0) is 60.5 Å². The summed E-state index contributed by atoms with van der Waals surface area (Å²) in [7, 11) is 0. The molecule has 2 heterocycles. The standard InChI is InChI=1S/C20H26ClN3O/c1-20(2,3)16-8-9-17(22-19(16)21)24-11-10-18(23-24)25-12-15(13-4-5-13)14-6-7-14/h8-11,13-15H,4-7,12H2,1-3H3. The predicted molar refractivity (Wildman–Crippen MR) is 99.5 cm³/mol. The van der Waals surface area contributed by atoms with E-state index in [-0.39, 0.29) is 5.41 Å². The molecular weight excluding hydrogens is 334 g/mol. The fraction of sp³-hybridized carbons (Fsp3) is 0.600. The summed E-state index contributed by atoms with van der Waals surface area (Å²) in [5.74, 6) is 3.89. The first-order chi connectivity index (χ1) is 11.9. The monoisotopic (exact) mass is 359 g/mol. The van der Waals surface area contributed by atoms with Crippen molar-refractivity contribution < 1.29 is 4.74 Å². The molecule has 2 aliphatic rings. The molecular formula is C20H26ClN3O. The number of ether oxygens (including phenoxy) is 1. The maximum absolute atomic E-state index is 6.37. The minimum Gasteiger partial charge on any atom is -0.476 e.